The van der Waals surface area contributed by atoms with E-state index in [1.54, 1.807) is 0 Å². The number of nitrogens with two attached hydrogens (primary N) is 1. The summed E-state index contributed by atoms with van der Waals surface area (Å²) in [5.41, 5.74) is 7.62. The number of nitrogens with zero attached hydrogens (tertiary/aromatic N) is 1. The normalized spacial score (nSPS) is 10.4. The van der Waals surface area contributed by atoms with Gasteiger partial charge < -0.3 is 15.7 Å². The molecule has 18 heavy (non-hydrogen) atoms. The van der Waals surface area contributed by atoms with Crippen molar-refractivity contribution in [3.8, 4) is 0 Å². The van der Waals surface area contributed by atoms with E-state index in [1.807, 2.05) is 18.2 Å². The topological polar surface area (TPSA) is 49.5 Å². The molecule has 3 N–H and O–H groups in total. The third-order valence-electron chi connectivity index (χ3n) is 2.73. The SMILES string of the molecule is CCCCN(CCO)c1cccc(Br)c1C(N)=S. The molecular weight excluding hydrogens is 312 g/mol. The van der Waals surface area contributed by atoms with Gasteiger partial charge in [0.25, 0.3) is 0 Å². The molecule has 0 aromatic heterocycles. The molecule has 0 heterocycles. The number of rotatable bonds is 7. The summed E-state index contributed by atoms with van der Waals surface area (Å²) < 4.78 is 0.895. The zero-order valence-corrected chi connectivity index (χ0v) is 12.9. The second-order valence-electron chi connectivity index (χ2n) is 4.06. The second kappa shape index (κ2) is 7.71. The number of unbranched alkanes of at least 4 members (excludes halogenated alkanes) is 1. The van der Waals surface area contributed by atoms with Crippen LogP contribution >= 0.6 is 28.1 Å². The Bertz CT molecular complexity index is 412. The summed E-state index contributed by atoms with van der Waals surface area (Å²) in [5.74, 6) is 0. The lowest BCUT2D eigenvalue weighted by Crippen LogP contribution is -2.30. The monoisotopic (exact) mass is 330 g/mol. The summed E-state index contributed by atoms with van der Waals surface area (Å²) >= 11 is 8.59. The lowest BCUT2D eigenvalue weighted by molar-refractivity contribution is 0.301. The van der Waals surface area contributed by atoms with Crippen molar-refractivity contribution in [2.75, 3.05) is 24.6 Å². The first-order valence-corrected chi connectivity index (χ1v) is 7.26. The van der Waals surface area contributed by atoms with E-state index in [9.17, 15) is 5.11 Å². The zero-order chi connectivity index (χ0) is 13.5. The molecule has 0 unspecified atom stereocenters. The molecule has 0 aliphatic rings. The quantitative estimate of drug-likeness (QED) is 0.754. The van der Waals surface area contributed by atoms with Crippen molar-refractivity contribution in [3.05, 3.63) is 28.2 Å². The van der Waals surface area contributed by atoms with Crippen LogP contribution in [-0.4, -0.2) is 29.8 Å². The molecule has 3 nitrogen and oxygen atoms in total. The molecule has 0 atom stereocenters. The Morgan fingerprint density at radius 3 is 2.72 bits per heavy atom. The van der Waals surface area contributed by atoms with Crippen LogP contribution in [0.4, 0.5) is 5.69 Å². The fourth-order valence-electron chi connectivity index (χ4n) is 1.84. The lowest BCUT2D eigenvalue weighted by atomic mass is 10.1. The average molecular weight is 331 g/mol. The van der Waals surface area contributed by atoms with E-state index in [4.69, 9.17) is 18.0 Å². The van der Waals surface area contributed by atoms with Crippen LogP contribution in [0.1, 0.15) is 25.3 Å². The number of aliphatic hydroxyl groups excluding tert-OH is 1. The van der Waals surface area contributed by atoms with Crippen LogP contribution in [-0.2, 0) is 0 Å². The van der Waals surface area contributed by atoms with Crippen molar-refractivity contribution in [2.24, 2.45) is 5.73 Å². The van der Waals surface area contributed by atoms with Gasteiger partial charge in [0.05, 0.1) is 6.61 Å². The third kappa shape index (κ3) is 3.93. The Kier molecular flexibility index (Phi) is 6.60. The highest BCUT2D eigenvalue weighted by Crippen LogP contribution is 2.28. The summed E-state index contributed by atoms with van der Waals surface area (Å²) in [6.45, 7) is 3.74. The molecule has 100 valence electrons. The molecule has 1 aromatic carbocycles. The van der Waals surface area contributed by atoms with E-state index in [0.717, 1.165) is 35.1 Å². The van der Waals surface area contributed by atoms with Crippen LogP contribution in [0.25, 0.3) is 0 Å². The number of anilines is 1. The Balaban J connectivity index is 3.10. The van der Waals surface area contributed by atoms with Gasteiger partial charge in [0.1, 0.15) is 4.99 Å². The van der Waals surface area contributed by atoms with Gasteiger partial charge in [0.15, 0.2) is 0 Å². The van der Waals surface area contributed by atoms with Gasteiger partial charge in [-0.3, -0.25) is 0 Å². The third-order valence-corrected chi connectivity index (χ3v) is 3.60. The number of thiocarbonyl (C=S) groups is 1. The van der Waals surface area contributed by atoms with E-state index in [1.165, 1.54) is 0 Å². The highest BCUT2D eigenvalue weighted by Gasteiger charge is 2.14. The van der Waals surface area contributed by atoms with Crippen molar-refractivity contribution in [3.63, 3.8) is 0 Å². The van der Waals surface area contributed by atoms with Crippen LogP contribution < -0.4 is 10.6 Å². The molecule has 5 heteroatoms. The maximum atomic E-state index is 9.18. The van der Waals surface area contributed by atoms with Gasteiger partial charge in [0.2, 0.25) is 0 Å². The van der Waals surface area contributed by atoms with E-state index in [2.05, 4.69) is 27.8 Å². The van der Waals surface area contributed by atoms with Crippen LogP contribution in [0.5, 0.6) is 0 Å². The first-order chi connectivity index (χ1) is 8.61. The number of benzene rings is 1. The molecule has 0 amide bonds. The van der Waals surface area contributed by atoms with E-state index < -0.39 is 0 Å². The average Bonchev–Trinajstić information content (AvgIpc) is 2.33. The van der Waals surface area contributed by atoms with Crippen molar-refractivity contribution in [1.82, 2.24) is 0 Å². The predicted octanol–water partition coefficient (Wildman–Crippen LogP) is 2.68. The Morgan fingerprint density at radius 1 is 1.44 bits per heavy atom. The number of halogens is 1. The smallest absolute Gasteiger partial charge is 0.107 e. The van der Waals surface area contributed by atoms with Gasteiger partial charge >= 0.3 is 0 Å². The molecule has 0 saturated carbocycles. The first-order valence-electron chi connectivity index (χ1n) is 6.06. The van der Waals surface area contributed by atoms with Crippen LogP contribution in [0, 0.1) is 0 Å². The fourth-order valence-corrected chi connectivity index (χ4v) is 2.76. The first kappa shape index (κ1) is 15.4. The van der Waals surface area contributed by atoms with Gasteiger partial charge in [0, 0.05) is 28.8 Å². The molecule has 0 fully saturated rings. The summed E-state index contributed by atoms with van der Waals surface area (Å²) in [7, 11) is 0. The maximum absolute atomic E-state index is 9.18. The Hall–Kier alpha value is -0.650. The number of hydrogen-bond acceptors (Lipinski definition) is 3. The predicted molar refractivity (Wildman–Crippen MR) is 84.2 cm³/mol. The van der Waals surface area contributed by atoms with Crippen molar-refractivity contribution >= 4 is 38.8 Å². The zero-order valence-electron chi connectivity index (χ0n) is 10.5. The van der Waals surface area contributed by atoms with Crippen molar-refractivity contribution in [2.45, 2.75) is 19.8 Å². The molecule has 0 aliphatic carbocycles. The molecular formula is C13H19BrN2OS. The fraction of sp³-hybridized carbons (Fsp3) is 0.462. The van der Waals surface area contributed by atoms with E-state index in [-0.39, 0.29) is 6.61 Å². The number of aliphatic hydroxyl groups is 1. The molecule has 0 bridgehead atoms. The molecule has 0 saturated heterocycles. The Morgan fingerprint density at radius 2 is 2.17 bits per heavy atom. The van der Waals surface area contributed by atoms with E-state index in [0.29, 0.717) is 11.5 Å². The minimum absolute atomic E-state index is 0.118. The minimum Gasteiger partial charge on any atom is -0.395 e. The highest BCUT2D eigenvalue weighted by atomic mass is 79.9. The summed E-state index contributed by atoms with van der Waals surface area (Å²) in [6, 6.07) is 5.87. The van der Waals surface area contributed by atoms with Crippen molar-refractivity contribution < 1.29 is 5.11 Å². The van der Waals surface area contributed by atoms with Crippen LogP contribution in [0.15, 0.2) is 22.7 Å². The maximum Gasteiger partial charge on any atom is 0.107 e. The number of hydrogen-bond donors (Lipinski definition) is 2. The summed E-state index contributed by atoms with van der Waals surface area (Å²) in [4.78, 5) is 2.50. The molecule has 0 spiro atoms. The molecule has 1 aromatic rings. The van der Waals surface area contributed by atoms with Crippen molar-refractivity contribution in [1.29, 1.82) is 0 Å². The molecule has 0 aliphatic heterocycles. The second-order valence-corrected chi connectivity index (χ2v) is 5.36. The summed E-state index contributed by atoms with van der Waals surface area (Å²) in [6.07, 6.45) is 2.18. The Labute approximate surface area is 122 Å². The van der Waals surface area contributed by atoms with Gasteiger partial charge in [-0.05, 0) is 34.5 Å². The van der Waals surface area contributed by atoms with E-state index >= 15 is 0 Å². The van der Waals surface area contributed by atoms with Crippen LogP contribution in [0.2, 0.25) is 0 Å². The molecule has 0 radical (unpaired) electrons. The van der Waals surface area contributed by atoms with Gasteiger partial charge in [-0.1, -0.05) is 31.6 Å². The van der Waals surface area contributed by atoms with Gasteiger partial charge in [-0.2, -0.15) is 0 Å². The highest BCUT2D eigenvalue weighted by molar-refractivity contribution is 9.10. The van der Waals surface area contributed by atoms with Gasteiger partial charge in [-0.25, -0.2) is 0 Å². The standard InChI is InChI=1S/C13H19BrN2OS/c1-2-3-7-16(8-9-17)11-6-4-5-10(14)12(11)13(15)18/h4-6,17H,2-3,7-9H2,1H3,(H2,15,18). The minimum atomic E-state index is 0.118. The lowest BCUT2D eigenvalue weighted by Gasteiger charge is -2.26. The summed E-state index contributed by atoms with van der Waals surface area (Å²) in [5, 5.41) is 9.18. The molecule has 1 rings (SSSR count). The van der Waals surface area contributed by atoms with Gasteiger partial charge in [-0.15, -0.1) is 0 Å². The largest absolute Gasteiger partial charge is 0.395 e. The van der Waals surface area contributed by atoms with Crippen LogP contribution in [0.3, 0.4) is 0 Å².